The van der Waals surface area contributed by atoms with Crippen molar-refractivity contribution in [3.8, 4) is 6.07 Å². The van der Waals surface area contributed by atoms with Crippen molar-refractivity contribution in [2.24, 2.45) is 0 Å². The van der Waals surface area contributed by atoms with E-state index in [0.717, 1.165) is 17.8 Å². The molecule has 0 aliphatic heterocycles. The van der Waals surface area contributed by atoms with Crippen LogP contribution in [0.3, 0.4) is 0 Å². The summed E-state index contributed by atoms with van der Waals surface area (Å²) in [7, 11) is 0. The van der Waals surface area contributed by atoms with E-state index in [1.165, 1.54) is 18.3 Å². The van der Waals surface area contributed by atoms with Crippen molar-refractivity contribution in [2.75, 3.05) is 0 Å². The molecule has 84 valence electrons. The van der Waals surface area contributed by atoms with E-state index in [1.807, 2.05) is 6.07 Å². The molecule has 0 bridgehead atoms. The summed E-state index contributed by atoms with van der Waals surface area (Å²) in [6.07, 6.45) is 1.52. The molecule has 0 atom stereocenters. The van der Waals surface area contributed by atoms with Crippen LogP contribution in [0.2, 0.25) is 0 Å². The van der Waals surface area contributed by atoms with E-state index in [1.54, 1.807) is 12.1 Å². The molecule has 2 nitrogen and oxygen atoms in total. The Bertz CT molecular complexity index is 593. The van der Waals surface area contributed by atoms with Crippen LogP contribution in [0.25, 0.3) is 0 Å². The molecule has 0 saturated heterocycles. The minimum atomic E-state index is -0.662. The van der Waals surface area contributed by atoms with Gasteiger partial charge in [-0.1, -0.05) is 11.8 Å². The number of nitrogens with zero attached hydrogens (tertiary/aromatic N) is 2. The van der Waals surface area contributed by atoms with E-state index >= 15 is 0 Å². The number of hydrogen-bond donors (Lipinski definition) is 0. The van der Waals surface area contributed by atoms with Gasteiger partial charge in [-0.25, -0.2) is 13.8 Å². The number of pyridine rings is 1. The lowest BCUT2D eigenvalue weighted by molar-refractivity contribution is 0.565. The second kappa shape index (κ2) is 4.93. The zero-order chi connectivity index (χ0) is 12.3. The molecule has 0 spiro atoms. The summed E-state index contributed by atoms with van der Waals surface area (Å²) < 4.78 is 26.1. The smallest absolute Gasteiger partial charge is 0.140 e. The average molecular weight is 248 g/mol. The van der Waals surface area contributed by atoms with E-state index in [-0.39, 0.29) is 4.90 Å². The minimum Gasteiger partial charge on any atom is -0.248 e. The largest absolute Gasteiger partial charge is 0.248 e. The van der Waals surface area contributed by atoms with Gasteiger partial charge in [0.05, 0.1) is 5.56 Å². The van der Waals surface area contributed by atoms with Crippen LogP contribution in [0.5, 0.6) is 0 Å². The van der Waals surface area contributed by atoms with Gasteiger partial charge in [0.1, 0.15) is 22.7 Å². The average Bonchev–Trinajstić information content (AvgIpc) is 2.33. The fraction of sp³-hybridized carbons (Fsp3) is 0. The Hall–Kier alpha value is -1.93. The van der Waals surface area contributed by atoms with Crippen LogP contribution in [0.4, 0.5) is 8.78 Å². The molecular weight excluding hydrogens is 242 g/mol. The van der Waals surface area contributed by atoms with Crippen molar-refractivity contribution in [2.45, 2.75) is 9.92 Å². The van der Waals surface area contributed by atoms with Crippen LogP contribution < -0.4 is 0 Å². The number of nitriles is 1. The van der Waals surface area contributed by atoms with E-state index in [4.69, 9.17) is 5.26 Å². The van der Waals surface area contributed by atoms with Crippen LogP contribution in [0, 0.1) is 23.0 Å². The highest BCUT2D eigenvalue weighted by atomic mass is 32.2. The van der Waals surface area contributed by atoms with Crippen LogP contribution in [0.1, 0.15) is 5.56 Å². The van der Waals surface area contributed by atoms with Gasteiger partial charge in [0.25, 0.3) is 0 Å². The topological polar surface area (TPSA) is 36.7 Å². The molecule has 1 aromatic heterocycles. The molecule has 1 heterocycles. The Morgan fingerprint density at radius 3 is 2.76 bits per heavy atom. The van der Waals surface area contributed by atoms with E-state index in [2.05, 4.69) is 4.98 Å². The predicted octanol–water partition coefficient (Wildman–Crippen LogP) is 3.38. The van der Waals surface area contributed by atoms with Gasteiger partial charge < -0.3 is 0 Å². The number of hydrogen-bond acceptors (Lipinski definition) is 3. The minimum absolute atomic E-state index is 0.238. The second-order valence-electron chi connectivity index (χ2n) is 3.14. The van der Waals surface area contributed by atoms with Gasteiger partial charge in [-0.05, 0) is 24.3 Å². The van der Waals surface area contributed by atoms with Crippen LogP contribution in [-0.2, 0) is 0 Å². The lowest BCUT2D eigenvalue weighted by atomic mass is 10.3. The molecule has 0 fully saturated rings. The summed E-state index contributed by atoms with van der Waals surface area (Å²) in [5.74, 6) is -1.29. The molecule has 0 amide bonds. The van der Waals surface area contributed by atoms with Crippen molar-refractivity contribution >= 4 is 11.8 Å². The summed E-state index contributed by atoms with van der Waals surface area (Å²) >= 11 is 0.999. The van der Waals surface area contributed by atoms with Gasteiger partial charge >= 0.3 is 0 Å². The molecule has 0 N–H and O–H groups in total. The SMILES string of the molecule is N#Cc1cccnc1Sc1ccc(F)cc1F. The highest BCUT2D eigenvalue weighted by Gasteiger charge is 2.09. The number of aromatic nitrogens is 1. The monoisotopic (exact) mass is 248 g/mol. The Labute approximate surface area is 101 Å². The third kappa shape index (κ3) is 2.60. The first-order valence-electron chi connectivity index (χ1n) is 4.69. The van der Waals surface area contributed by atoms with Crippen molar-refractivity contribution in [1.29, 1.82) is 5.26 Å². The predicted molar refractivity (Wildman–Crippen MR) is 59.4 cm³/mol. The number of halogens is 2. The van der Waals surface area contributed by atoms with Gasteiger partial charge in [0.2, 0.25) is 0 Å². The lowest BCUT2D eigenvalue weighted by Crippen LogP contribution is -1.88. The summed E-state index contributed by atoms with van der Waals surface area (Å²) in [5, 5.41) is 9.26. The van der Waals surface area contributed by atoms with Crippen molar-refractivity contribution in [3.63, 3.8) is 0 Å². The van der Waals surface area contributed by atoms with E-state index < -0.39 is 11.6 Å². The van der Waals surface area contributed by atoms with Crippen molar-refractivity contribution in [1.82, 2.24) is 4.98 Å². The van der Waals surface area contributed by atoms with Gasteiger partial charge in [-0.3, -0.25) is 0 Å². The van der Waals surface area contributed by atoms with Gasteiger partial charge in [0.15, 0.2) is 0 Å². The summed E-state index contributed by atoms with van der Waals surface area (Å²) in [6.45, 7) is 0. The summed E-state index contributed by atoms with van der Waals surface area (Å²) in [4.78, 5) is 4.23. The number of benzene rings is 1. The van der Waals surface area contributed by atoms with Gasteiger partial charge in [-0.2, -0.15) is 5.26 Å². The third-order valence-electron chi connectivity index (χ3n) is 1.99. The maximum absolute atomic E-state index is 13.4. The first-order valence-corrected chi connectivity index (χ1v) is 5.50. The molecule has 0 radical (unpaired) electrons. The molecule has 0 aliphatic carbocycles. The zero-order valence-corrected chi connectivity index (χ0v) is 9.34. The standard InChI is InChI=1S/C12H6F2N2S/c13-9-3-4-11(10(14)6-9)17-12-8(7-15)2-1-5-16-12/h1-6H. The number of rotatable bonds is 2. The fourth-order valence-electron chi connectivity index (χ4n) is 1.22. The Morgan fingerprint density at radius 1 is 1.24 bits per heavy atom. The third-order valence-corrected chi connectivity index (χ3v) is 3.06. The van der Waals surface area contributed by atoms with Crippen molar-refractivity contribution < 1.29 is 8.78 Å². The van der Waals surface area contributed by atoms with Crippen LogP contribution in [0.15, 0.2) is 46.5 Å². The normalized spacial score (nSPS) is 9.94. The first-order chi connectivity index (χ1) is 8.20. The highest BCUT2D eigenvalue weighted by molar-refractivity contribution is 7.99. The quantitative estimate of drug-likeness (QED) is 0.817. The Balaban J connectivity index is 2.35. The van der Waals surface area contributed by atoms with Crippen LogP contribution >= 0.6 is 11.8 Å². The first kappa shape index (κ1) is 11.6. The highest BCUT2D eigenvalue weighted by Crippen LogP contribution is 2.30. The lowest BCUT2D eigenvalue weighted by Gasteiger charge is -2.03. The van der Waals surface area contributed by atoms with Gasteiger partial charge in [0, 0.05) is 17.2 Å². The summed E-state index contributed by atoms with van der Waals surface area (Å²) in [6, 6.07) is 8.48. The Morgan fingerprint density at radius 2 is 2.06 bits per heavy atom. The Kier molecular flexibility index (Phi) is 3.35. The van der Waals surface area contributed by atoms with Crippen LogP contribution in [-0.4, -0.2) is 4.98 Å². The maximum atomic E-state index is 13.4. The molecular formula is C12H6F2N2S. The molecule has 0 saturated carbocycles. The molecule has 2 aromatic rings. The zero-order valence-electron chi connectivity index (χ0n) is 8.52. The summed E-state index contributed by atoms with van der Waals surface area (Å²) in [5.41, 5.74) is 0.362. The van der Waals surface area contributed by atoms with E-state index in [0.29, 0.717) is 10.6 Å². The maximum Gasteiger partial charge on any atom is 0.140 e. The molecule has 2 rings (SSSR count). The van der Waals surface area contributed by atoms with E-state index in [9.17, 15) is 8.78 Å². The fourth-order valence-corrected chi connectivity index (χ4v) is 2.06. The molecule has 0 unspecified atom stereocenters. The molecule has 17 heavy (non-hydrogen) atoms. The molecule has 0 aliphatic rings. The molecule has 1 aromatic carbocycles. The van der Waals surface area contributed by atoms with Gasteiger partial charge in [-0.15, -0.1) is 0 Å². The second-order valence-corrected chi connectivity index (χ2v) is 4.18. The van der Waals surface area contributed by atoms with Crippen molar-refractivity contribution in [3.05, 3.63) is 53.7 Å². The molecule has 5 heteroatoms.